The van der Waals surface area contributed by atoms with Crippen LogP contribution in [0.25, 0.3) is 0 Å². The predicted octanol–water partition coefficient (Wildman–Crippen LogP) is 4.31. The minimum atomic E-state index is -0.587. The first kappa shape index (κ1) is 23.5. The van der Waals surface area contributed by atoms with Crippen LogP contribution in [0, 0.1) is 0 Å². The van der Waals surface area contributed by atoms with E-state index in [0.717, 1.165) is 12.0 Å². The van der Waals surface area contributed by atoms with Crippen molar-refractivity contribution in [2.24, 2.45) is 0 Å². The smallest absolute Gasteiger partial charge is 0.261 e. The fraction of sp³-hybridized carbons (Fsp3) is 0.440. The van der Waals surface area contributed by atoms with Crippen LogP contribution in [0.3, 0.4) is 0 Å². The maximum atomic E-state index is 13.0. The highest BCUT2D eigenvalue weighted by atomic mass is 16.5. The van der Waals surface area contributed by atoms with Gasteiger partial charge in [-0.1, -0.05) is 70.2 Å². The third-order valence-electron chi connectivity index (χ3n) is 4.99. The van der Waals surface area contributed by atoms with Gasteiger partial charge in [-0.05, 0) is 42.0 Å². The molecule has 0 heterocycles. The summed E-state index contributed by atoms with van der Waals surface area (Å²) in [6.45, 7) is 11.0. The van der Waals surface area contributed by atoms with Crippen molar-refractivity contribution in [2.45, 2.75) is 59.0 Å². The zero-order valence-corrected chi connectivity index (χ0v) is 18.8. The highest BCUT2D eigenvalue weighted by Gasteiger charge is 2.26. The molecule has 2 amide bonds. The zero-order chi connectivity index (χ0) is 22.1. The van der Waals surface area contributed by atoms with Gasteiger partial charge in [-0.15, -0.1) is 0 Å². The molecular formula is C25H34N2O3. The summed E-state index contributed by atoms with van der Waals surface area (Å²) in [5.74, 6) is 0.257. The minimum Gasteiger partial charge on any atom is -0.484 e. The van der Waals surface area contributed by atoms with Crippen molar-refractivity contribution in [1.29, 1.82) is 0 Å². The van der Waals surface area contributed by atoms with Gasteiger partial charge < -0.3 is 15.0 Å². The maximum Gasteiger partial charge on any atom is 0.261 e. The lowest BCUT2D eigenvalue weighted by molar-refractivity contribution is -0.142. The molecule has 0 saturated heterocycles. The van der Waals surface area contributed by atoms with Crippen molar-refractivity contribution >= 4 is 11.8 Å². The molecule has 0 aliphatic rings. The van der Waals surface area contributed by atoms with E-state index in [-0.39, 0.29) is 23.8 Å². The molecule has 0 aliphatic carbocycles. The van der Waals surface area contributed by atoms with E-state index in [1.54, 1.807) is 11.8 Å². The second-order valence-corrected chi connectivity index (χ2v) is 8.54. The number of hydrogen-bond acceptors (Lipinski definition) is 3. The molecule has 5 heteroatoms. The number of benzene rings is 2. The molecule has 0 aromatic heterocycles. The Morgan fingerprint density at radius 2 is 1.67 bits per heavy atom. The summed E-state index contributed by atoms with van der Waals surface area (Å²) < 4.78 is 5.74. The Kier molecular flexibility index (Phi) is 8.46. The Morgan fingerprint density at radius 3 is 2.23 bits per heavy atom. The predicted molar refractivity (Wildman–Crippen MR) is 120 cm³/mol. The SMILES string of the molecule is CCCNC(=O)[C@H](C)N(Cc1ccccc1)C(=O)COc1ccc(C(C)(C)C)cc1. The topological polar surface area (TPSA) is 58.6 Å². The standard InChI is InChI=1S/C25H34N2O3/c1-6-16-26-24(29)19(2)27(17-20-10-8-7-9-11-20)23(28)18-30-22-14-12-21(13-15-22)25(3,4)5/h7-15,19H,6,16-18H2,1-5H3,(H,26,29)/t19-/m0/s1. The highest BCUT2D eigenvalue weighted by Crippen LogP contribution is 2.24. The average molecular weight is 411 g/mol. The zero-order valence-electron chi connectivity index (χ0n) is 18.8. The van der Waals surface area contributed by atoms with Gasteiger partial charge in [-0.2, -0.15) is 0 Å². The van der Waals surface area contributed by atoms with Crippen LogP contribution < -0.4 is 10.1 Å². The van der Waals surface area contributed by atoms with Crippen LogP contribution in [0.15, 0.2) is 54.6 Å². The molecule has 0 spiro atoms. The Balaban J connectivity index is 2.08. The molecule has 0 aliphatic heterocycles. The number of carbonyl (C=O) groups is 2. The quantitative estimate of drug-likeness (QED) is 0.670. The number of nitrogens with zero attached hydrogens (tertiary/aromatic N) is 1. The monoisotopic (exact) mass is 410 g/mol. The van der Waals surface area contributed by atoms with Crippen molar-refractivity contribution in [1.82, 2.24) is 10.2 Å². The summed E-state index contributed by atoms with van der Waals surface area (Å²) in [4.78, 5) is 27.1. The summed E-state index contributed by atoms with van der Waals surface area (Å²) in [7, 11) is 0. The number of nitrogens with one attached hydrogen (secondary N) is 1. The molecule has 2 aromatic carbocycles. The Hall–Kier alpha value is -2.82. The molecular weight excluding hydrogens is 376 g/mol. The number of rotatable bonds is 9. The Bertz CT molecular complexity index is 811. The Labute approximate surface area is 180 Å². The normalized spacial score (nSPS) is 12.2. The molecule has 0 fully saturated rings. The summed E-state index contributed by atoms with van der Waals surface area (Å²) in [6.07, 6.45) is 0.846. The molecule has 5 nitrogen and oxygen atoms in total. The molecule has 0 bridgehead atoms. The van der Waals surface area contributed by atoms with E-state index in [2.05, 4.69) is 26.1 Å². The van der Waals surface area contributed by atoms with Crippen molar-refractivity contribution < 1.29 is 14.3 Å². The number of hydrogen-bond donors (Lipinski definition) is 1. The molecule has 2 rings (SSSR count). The van der Waals surface area contributed by atoms with Crippen LogP contribution in [0.1, 0.15) is 52.2 Å². The lowest BCUT2D eigenvalue weighted by Gasteiger charge is -2.28. The highest BCUT2D eigenvalue weighted by molar-refractivity contribution is 5.87. The van der Waals surface area contributed by atoms with E-state index in [1.165, 1.54) is 5.56 Å². The molecule has 1 N–H and O–H groups in total. The van der Waals surface area contributed by atoms with Crippen LogP contribution >= 0.6 is 0 Å². The summed E-state index contributed by atoms with van der Waals surface area (Å²) in [6, 6.07) is 16.9. The van der Waals surface area contributed by atoms with Crippen LogP contribution in [0.2, 0.25) is 0 Å². The van der Waals surface area contributed by atoms with Crippen LogP contribution in [0.5, 0.6) is 5.75 Å². The fourth-order valence-electron chi connectivity index (χ4n) is 3.04. The van der Waals surface area contributed by atoms with Crippen LogP contribution in [-0.2, 0) is 21.5 Å². The number of carbonyl (C=O) groups excluding carboxylic acids is 2. The van der Waals surface area contributed by atoms with E-state index in [4.69, 9.17) is 4.74 Å². The number of ether oxygens (including phenoxy) is 1. The second kappa shape index (κ2) is 10.8. The largest absolute Gasteiger partial charge is 0.484 e. The van der Waals surface area contributed by atoms with Crippen molar-refractivity contribution in [3.63, 3.8) is 0 Å². The maximum absolute atomic E-state index is 13.0. The van der Waals surface area contributed by atoms with Crippen molar-refractivity contribution in [3.05, 3.63) is 65.7 Å². The van der Waals surface area contributed by atoms with Crippen molar-refractivity contribution in [3.8, 4) is 5.75 Å². The van der Waals surface area contributed by atoms with E-state index in [9.17, 15) is 9.59 Å². The van der Waals surface area contributed by atoms with Gasteiger partial charge in [0.25, 0.3) is 5.91 Å². The lowest BCUT2D eigenvalue weighted by Crippen LogP contribution is -2.49. The molecule has 162 valence electrons. The Morgan fingerprint density at radius 1 is 1.03 bits per heavy atom. The minimum absolute atomic E-state index is 0.0577. The third kappa shape index (κ3) is 6.90. The van der Waals surface area contributed by atoms with Gasteiger partial charge >= 0.3 is 0 Å². The van der Waals surface area contributed by atoms with Gasteiger partial charge in [0.05, 0.1) is 0 Å². The average Bonchev–Trinajstić information content (AvgIpc) is 2.74. The lowest BCUT2D eigenvalue weighted by atomic mass is 9.87. The van der Waals surface area contributed by atoms with Gasteiger partial charge in [0.2, 0.25) is 5.91 Å². The van der Waals surface area contributed by atoms with E-state index >= 15 is 0 Å². The van der Waals surface area contributed by atoms with Gasteiger partial charge in [-0.3, -0.25) is 9.59 Å². The van der Waals surface area contributed by atoms with Crippen LogP contribution in [0.4, 0.5) is 0 Å². The third-order valence-corrected chi connectivity index (χ3v) is 4.99. The van der Waals surface area contributed by atoms with E-state index in [1.807, 2.05) is 61.5 Å². The van der Waals surface area contributed by atoms with Gasteiger partial charge in [0.15, 0.2) is 6.61 Å². The van der Waals surface area contributed by atoms with Gasteiger partial charge in [0.1, 0.15) is 11.8 Å². The molecule has 0 saturated carbocycles. The van der Waals surface area contributed by atoms with E-state index < -0.39 is 6.04 Å². The summed E-state index contributed by atoms with van der Waals surface area (Å²) in [5, 5.41) is 2.87. The molecule has 1 atom stereocenters. The van der Waals surface area contributed by atoms with Gasteiger partial charge in [-0.25, -0.2) is 0 Å². The van der Waals surface area contributed by atoms with Gasteiger partial charge in [0, 0.05) is 13.1 Å². The fourth-order valence-corrected chi connectivity index (χ4v) is 3.04. The summed E-state index contributed by atoms with van der Waals surface area (Å²) in [5.41, 5.74) is 2.23. The molecule has 2 aromatic rings. The second-order valence-electron chi connectivity index (χ2n) is 8.54. The van der Waals surface area contributed by atoms with Crippen molar-refractivity contribution in [2.75, 3.05) is 13.2 Å². The summed E-state index contributed by atoms with van der Waals surface area (Å²) >= 11 is 0. The van der Waals surface area contributed by atoms with E-state index in [0.29, 0.717) is 18.8 Å². The molecule has 0 unspecified atom stereocenters. The molecule has 30 heavy (non-hydrogen) atoms. The first-order valence-electron chi connectivity index (χ1n) is 10.6. The molecule has 0 radical (unpaired) electrons. The number of amides is 2. The van der Waals surface area contributed by atoms with Crippen LogP contribution in [-0.4, -0.2) is 35.9 Å². The first-order chi connectivity index (χ1) is 14.2. The first-order valence-corrected chi connectivity index (χ1v) is 10.6.